The quantitative estimate of drug-likeness (QED) is 0.427. The molecule has 0 aromatic heterocycles. The van der Waals surface area contributed by atoms with Crippen LogP contribution in [0.3, 0.4) is 0 Å². The zero-order valence-corrected chi connectivity index (χ0v) is 21.1. The van der Waals surface area contributed by atoms with Gasteiger partial charge < -0.3 is 4.74 Å². The number of hydrogen-bond acceptors (Lipinski definition) is 1. The van der Waals surface area contributed by atoms with Crippen molar-refractivity contribution in [2.24, 2.45) is 0 Å². The summed E-state index contributed by atoms with van der Waals surface area (Å²) < 4.78 is 6.01. The van der Waals surface area contributed by atoms with Crippen LogP contribution in [0.4, 0.5) is 0 Å². The van der Waals surface area contributed by atoms with Crippen molar-refractivity contribution in [2.75, 3.05) is 7.11 Å². The van der Waals surface area contributed by atoms with E-state index < -0.39 is 0 Å². The minimum Gasteiger partial charge on any atom is -0.496 e. The van der Waals surface area contributed by atoms with Crippen LogP contribution in [0.1, 0.15) is 82.2 Å². The summed E-state index contributed by atoms with van der Waals surface area (Å²) in [5.74, 6) is 1.05. The maximum atomic E-state index is 6.01. The largest absolute Gasteiger partial charge is 1.00 e. The second-order valence-electron chi connectivity index (χ2n) is 11.2. The molecule has 0 saturated heterocycles. The van der Waals surface area contributed by atoms with E-state index in [-0.39, 0.29) is 29.7 Å². The number of rotatable bonds is 2. The van der Waals surface area contributed by atoms with Crippen LogP contribution >= 0.6 is 0 Å². The summed E-state index contributed by atoms with van der Waals surface area (Å²) in [4.78, 5) is 0. The van der Waals surface area contributed by atoms with Crippen molar-refractivity contribution < 1.29 is 23.6 Å². The van der Waals surface area contributed by atoms with Gasteiger partial charge in [0.2, 0.25) is 0 Å². The van der Waals surface area contributed by atoms with E-state index in [0.717, 1.165) is 5.75 Å². The topological polar surface area (TPSA) is 9.23 Å². The van der Waals surface area contributed by atoms with E-state index in [4.69, 9.17) is 4.74 Å². The molecule has 0 amide bonds. The van der Waals surface area contributed by atoms with Gasteiger partial charge in [-0.05, 0) is 40.5 Å². The van der Waals surface area contributed by atoms with Gasteiger partial charge in [-0.25, -0.2) is 0 Å². The molecular weight excluding hydrogens is 371 g/mol. The molecule has 0 N–H and O–H groups in total. The molecule has 3 aromatic rings. The Labute approximate surface area is 201 Å². The van der Waals surface area contributed by atoms with Crippen molar-refractivity contribution in [3.8, 4) is 16.9 Å². The van der Waals surface area contributed by atoms with Gasteiger partial charge in [-0.15, -0.1) is 28.0 Å². The molecule has 1 aliphatic rings. The maximum Gasteiger partial charge on any atom is 1.00 e. The van der Waals surface area contributed by atoms with Gasteiger partial charge in [-0.2, -0.15) is 6.07 Å². The molecule has 0 fully saturated rings. The van der Waals surface area contributed by atoms with E-state index in [9.17, 15) is 0 Å². The van der Waals surface area contributed by atoms with Gasteiger partial charge in [0.25, 0.3) is 0 Å². The normalized spacial score (nSPS) is 14.3. The molecule has 0 heterocycles. The van der Waals surface area contributed by atoms with Crippen molar-refractivity contribution >= 4 is 10.8 Å². The maximum absolute atomic E-state index is 6.01. The summed E-state index contributed by atoms with van der Waals surface area (Å²) in [6.45, 7) is 16.0. The Hall–Kier alpha value is -1.55. The first kappa shape index (κ1) is 24.1. The molecule has 0 bridgehead atoms. The predicted molar refractivity (Wildman–Crippen MR) is 130 cm³/mol. The minimum absolute atomic E-state index is 0. The number of aryl methyl sites for hydroxylation is 2. The van der Waals surface area contributed by atoms with Gasteiger partial charge in [0.15, 0.2) is 0 Å². The van der Waals surface area contributed by atoms with Gasteiger partial charge in [-0.3, -0.25) is 0 Å². The Morgan fingerprint density at radius 2 is 1.35 bits per heavy atom. The fourth-order valence-corrected chi connectivity index (χ4v) is 5.17. The Bertz CT molecular complexity index is 1070. The Morgan fingerprint density at radius 3 is 1.87 bits per heavy atom. The van der Waals surface area contributed by atoms with E-state index in [1.54, 1.807) is 11.1 Å². The average Bonchev–Trinajstić information content (AvgIpc) is 3.05. The summed E-state index contributed by atoms with van der Waals surface area (Å²) in [5, 5.41) is 2.88. The smallest absolute Gasteiger partial charge is 0.496 e. The standard InChI is InChI=1S/C29H37O.Li/c1-18-13-19-15-24(22-12-10-9-11-21(22)23(19)14-18)20-16-25(28(2,3)4)27(30-8)26(17-20)29(5,6)7;/h13-17H,9-12H2,1-8H3;/q-1;+1. The van der Waals surface area contributed by atoms with Crippen LogP contribution in [0.5, 0.6) is 5.75 Å². The fourth-order valence-electron chi connectivity index (χ4n) is 5.17. The molecule has 160 valence electrons. The summed E-state index contributed by atoms with van der Waals surface area (Å²) in [6, 6.07) is 12.0. The van der Waals surface area contributed by atoms with Gasteiger partial charge in [-0.1, -0.05) is 79.4 Å². The van der Waals surface area contributed by atoms with E-state index >= 15 is 0 Å². The summed E-state index contributed by atoms with van der Waals surface area (Å²) >= 11 is 0. The number of benzene rings is 2. The molecule has 2 heteroatoms. The van der Waals surface area contributed by atoms with Crippen molar-refractivity contribution in [2.45, 2.75) is 85.0 Å². The van der Waals surface area contributed by atoms with E-state index in [2.05, 4.69) is 78.8 Å². The molecule has 0 spiro atoms. The van der Waals surface area contributed by atoms with Crippen LogP contribution in [0, 0.1) is 6.92 Å². The van der Waals surface area contributed by atoms with E-state index in [0.29, 0.717) is 0 Å². The first-order valence-corrected chi connectivity index (χ1v) is 11.5. The van der Waals surface area contributed by atoms with Crippen LogP contribution in [-0.2, 0) is 23.7 Å². The molecule has 0 atom stereocenters. The zero-order chi connectivity index (χ0) is 21.8. The van der Waals surface area contributed by atoms with Crippen molar-refractivity contribution in [3.63, 3.8) is 0 Å². The van der Waals surface area contributed by atoms with Crippen LogP contribution in [0.15, 0.2) is 30.3 Å². The number of hydrogen-bond donors (Lipinski definition) is 0. The third-order valence-corrected chi connectivity index (χ3v) is 6.70. The average molecular weight is 409 g/mol. The Kier molecular flexibility index (Phi) is 6.55. The zero-order valence-electron chi connectivity index (χ0n) is 21.1. The molecule has 31 heavy (non-hydrogen) atoms. The first-order chi connectivity index (χ1) is 14.0. The molecule has 1 nitrogen and oxygen atoms in total. The monoisotopic (exact) mass is 408 g/mol. The molecule has 4 rings (SSSR count). The number of ether oxygens (including phenoxy) is 1. The molecule has 0 aliphatic heterocycles. The van der Waals surface area contributed by atoms with E-state index in [1.165, 1.54) is 64.3 Å². The van der Waals surface area contributed by atoms with Gasteiger partial charge in [0.05, 0.1) is 7.11 Å². The Balaban J connectivity index is 0.00000272. The third kappa shape index (κ3) is 4.37. The van der Waals surface area contributed by atoms with Crippen LogP contribution in [0.25, 0.3) is 21.9 Å². The second kappa shape index (κ2) is 8.42. The second-order valence-corrected chi connectivity index (χ2v) is 11.2. The van der Waals surface area contributed by atoms with Gasteiger partial charge in [0, 0.05) is 11.1 Å². The first-order valence-electron chi connectivity index (χ1n) is 11.5. The minimum atomic E-state index is 0. The Morgan fingerprint density at radius 1 is 0.806 bits per heavy atom. The third-order valence-electron chi connectivity index (χ3n) is 6.70. The summed E-state index contributed by atoms with van der Waals surface area (Å²) in [7, 11) is 1.82. The summed E-state index contributed by atoms with van der Waals surface area (Å²) in [5.41, 5.74) is 9.95. The van der Waals surface area contributed by atoms with Crippen molar-refractivity contribution in [1.29, 1.82) is 0 Å². The molecule has 0 saturated carbocycles. The van der Waals surface area contributed by atoms with Crippen molar-refractivity contribution in [3.05, 3.63) is 58.1 Å². The molecule has 3 aromatic carbocycles. The SMILES string of the molecule is COc1c(C(C)(C)C)cc(-c2cc3cc(C)[cH-]c3c3c2CCCC3)cc1C(C)(C)C.[Li+]. The van der Waals surface area contributed by atoms with Gasteiger partial charge in [0.1, 0.15) is 5.75 Å². The fraction of sp³-hybridized carbons (Fsp3) is 0.483. The van der Waals surface area contributed by atoms with Crippen LogP contribution < -0.4 is 23.6 Å². The molecular formula is C29H37LiO. The van der Waals surface area contributed by atoms with Crippen LogP contribution in [-0.4, -0.2) is 7.11 Å². The van der Waals surface area contributed by atoms with Crippen LogP contribution in [0.2, 0.25) is 0 Å². The van der Waals surface area contributed by atoms with E-state index in [1.807, 2.05) is 7.11 Å². The predicted octanol–water partition coefficient (Wildman–Crippen LogP) is 5.02. The van der Waals surface area contributed by atoms with Crippen molar-refractivity contribution in [1.82, 2.24) is 0 Å². The molecule has 0 unspecified atom stereocenters. The van der Waals surface area contributed by atoms with Gasteiger partial charge >= 0.3 is 18.9 Å². The molecule has 1 aliphatic carbocycles. The summed E-state index contributed by atoms with van der Waals surface area (Å²) in [6.07, 6.45) is 4.99. The number of methoxy groups -OCH3 is 1. The molecule has 0 radical (unpaired) electrons. The number of fused-ring (bicyclic) bond motifs is 3.